The predicted octanol–water partition coefficient (Wildman–Crippen LogP) is 6.05. The van der Waals surface area contributed by atoms with Crippen molar-refractivity contribution < 1.29 is 32.3 Å². The van der Waals surface area contributed by atoms with Crippen LogP contribution < -0.4 is 19.9 Å². The van der Waals surface area contributed by atoms with E-state index in [1.165, 1.54) is 36.3 Å². The molecule has 0 bridgehead atoms. The second-order valence-electron chi connectivity index (χ2n) is 11.4. The summed E-state index contributed by atoms with van der Waals surface area (Å²) < 4.78 is 45.9. The zero-order chi connectivity index (χ0) is 34.4. The van der Waals surface area contributed by atoms with Crippen molar-refractivity contribution in [3.8, 4) is 11.8 Å². The molecule has 2 atom stereocenters. The van der Waals surface area contributed by atoms with Gasteiger partial charge < -0.3 is 10.1 Å². The van der Waals surface area contributed by atoms with Gasteiger partial charge in [-0.05, 0) is 68.1 Å². The molecule has 1 saturated carbocycles. The molecular weight excluding hydrogens is 611 g/mol. The molecule has 3 amide bonds. The van der Waals surface area contributed by atoms with Gasteiger partial charge in [-0.2, -0.15) is 5.26 Å². The first-order valence-corrected chi connectivity index (χ1v) is 15.6. The Balaban J connectivity index is 0.000000246. The Hall–Kier alpha value is -4.92. The van der Waals surface area contributed by atoms with Gasteiger partial charge in [-0.15, -0.1) is 0 Å². The fraction of sp³-hybridized carbons (Fsp3) is 0.400. The highest BCUT2D eigenvalue weighted by Crippen LogP contribution is 2.47. The van der Waals surface area contributed by atoms with Crippen LogP contribution in [0, 0.1) is 17.1 Å². The molecule has 9 nitrogen and oxygen atoms in total. The van der Waals surface area contributed by atoms with Crippen molar-refractivity contribution in [1.82, 2.24) is 10.3 Å². The molecule has 47 heavy (non-hydrogen) atoms. The molecule has 1 saturated heterocycles. The van der Waals surface area contributed by atoms with Gasteiger partial charge >= 0.3 is 0 Å². The zero-order valence-corrected chi connectivity index (χ0v) is 26.8. The predicted molar refractivity (Wildman–Crippen MR) is 171 cm³/mol. The number of carbonyl (C=O) groups excluding carboxylic acids is 3. The zero-order valence-electron chi connectivity index (χ0n) is 26.8. The molecule has 1 aromatic heterocycles. The molecule has 2 aliphatic carbocycles. The van der Waals surface area contributed by atoms with Crippen LogP contribution in [0.1, 0.15) is 69.6 Å². The van der Waals surface area contributed by atoms with Gasteiger partial charge in [0.2, 0.25) is 12.3 Å². The number of methoxy groups -OCH3 is 1. The molecule has 1 aliphatic heterocycles. The smallest absolute Gasteiger partial charge is 0.252 e. The summed E-state index contributed by atoms with van der Waals surface area (Å²) in [5.41, 5.74) is 0.547. The Labute approximate surface area is 272 Å². The second-order valence-corrected chi connectivity index (χ2v) is 11.4. The minimum atomic E-state index is -2.80. The lowest BCUT2D eigenvalue weighted by Gasteiger charge is -2.42. The van der Waals surface area contributed by atoms with Crippen LogP contribution in [0.2, 0.25) is 0 Å². The number of amides is 3. The largest absolute Gasteiger partial charge is 0.496 e. The number of ether oxygens (including phenoxy) is 1. The number of halogens is 3. The number of fused-ring (bicyclic) bond motifs is 1. The van der Waals surface area contributed by atoms with Crippen molar-refractivity contribution in [3.63, 3.8) is 0 Å². The van der Waals surface area contributed by atoms with Gasteiger partial charge in [-0.1, -0.05) is 32.0 Å². The Morgan fingerprint density at radius 1 is 1.15 bits per heavy atom. The van der Waals surface area contributed by atoms with E-state index >= 15 is 0 Å². The van der Waals surface area contributed by atoms with Crippen LogP contribution in [0.3, 0.4) is 0 Å². The summed E-state index contributed by atoms with van der Waals surface area (Å²) in [4.78, 5) is 44.3. The number of nitrogens with zero attached hydrogens (tertiary/aromatic N) is 4. The molecule has 6 rings (SSSR count). The molecule has 12 heteroatoms. The minimum absolute atomic E-state index is 0.0880. The van der Waals surface area contributed by atoms with E-state index in [1.54, 1.807) is 41.4 Å². The quantitative estimate of drug-likeness (QED) is 0.312. The number of rotatable bonds is 7. The molecule has 0 unspecified atom stereocenters. The number of carbonyl (C=O) groups is 3. The van der Waals surface area contributed by atoms with Crippen LogP contribution >= 0.6 is 0 Å². The summed E-state index contributed by atoms with van der Waals surface area (Å²) in [5, 5.41) is 11.4. The highest BCUT2D eigenvalue weighted by molar-refractivity contribution is 5.99. The summed E-state index contributed by atoms with van der Waals surface area (Å²) in [5.74, 6) is -2.67. The number of nitrogens with one attached hydrogen (secondary N) is 1. The van der Waals surface area contributed by atoms with Crippen LogP contribution in [-0.4, -0.2) is 48.3 Å². The molecule has 248 valence electrons. The standard InChI is InChI=1S/C22H21F3N2O3.C11H11N3O.C2H6/c1-30-19-7-3-6-18-17(19)8-9-22(18,20(29)26-15-11-21(24,25)12-15)27(13-28)16-5-2-4-14(23)10-16;1-8-2-3-11(15)14(8)10-6-9(7-12)4-5-13-10;1-2/h2-7,10,13,15H,8-9,11-12H2,1H3,(H,26,29);4-6,8H,2-3H2,1H3;1-2H3/t22-;8-;/m11./s1. The summed E-state index contributed by atoms with van der Waals surface area (Å²) in [7, 11) is 1.51. The lowest BCUT2D eigenvalue weighted by Crippen LogP contribution is -2.60. The van der Waals surface area contributed by atoms with Crippen molar-refractivity contribution in [3.05, 3.63) is 83.3 Å². The maximum absolute atomic E-state index is 13.9. The summed E-state index contributed by atoms with van der Waals surface area (Å²) in [6.45, 7) is 5.99. The van der Waals surface area contributed by atoms with Crippen LogP contribution in [-0.2, 0) is 26.3 Å². The van der Waals surface area contributed by atoms with Crippen LogP contribution in [0.25, 0.3) is 0 Å². The molecular formula is C35H38F3N5O4. The fourth-order valence-electron chi connectivity index (χ4n) is 6.30. The normalized spacial score (nSPS) is 20.7. The highest BCUT2D eigenvalue weighted by Gasteiger charge is 2.54. The topological polar surface area (TPSA) is 116 Å². The number of hydrogen-bond acceptors (Lipinski definition) is 6. The van der Waals surface area contributed by atoms with Crippen molar-refractivity contribution in [2.24, 2.45) is 0 Å². The first kappa shape index (κ1) is 34.9. The number of hydrogen-bond donors (Lipinski definition) is 1. The first-order valence-electron chi connectivity index (χ1n) is 15.6. The molecule has 2 heterocycles. The summed E-state index contributed by atoms with van der Waals surface area (Å²) in [6, 6.07) is 15.4. The highest BCUT2D eigenvalue weighted by atomic mass is 19.3. The summed E-state index contributed by atoms with van der Waals surface area (Å²) >= 11 is 0. The summed E-state index contributed by atoms with van der Waals surface area (Å²) in [6.07, 6.45) is 3.24. The molecule has 1 N–H and O–H groups in total. The van der Waals surface area contributed by atoms with Crippen LogP contribution in [0.5, 0.6) is 5.75 Å². The van der Waals surface area contributed by atoms with Crippen LogP contribution in [0.15, 0.2) is 60.8 Å². The van der Waals surface area contributed by atoms with Crippen molar-refractivity contribution in [2.45, 2.75) is 82.8 Å². The Morgan fingerprint density at radius 2 is 1.87 bits per heavy atom. The third-order valence-electron chi connectivity index (χ3n) is 8.55. The molecule has 3 aliphatic rings. The molecule has 2 fully saturated rings. The average molecular weight is 650 g/mol. The third kappa shape index (κ3) is 7.09. The number of anilines is 2. The van der Waals surface area contributed by atoms with E-state index in [0.29, 0.717) is 41.9 Å². The van der Waals surface area contributed by atoms with E-state index in [1.807, 2.05) is 26.8 Å². The van der Waals surface area contributed by atoms with Crippen LogP contribution in [0.4, 0.5) is 24.7 Å². The van der Waals surface area contributed by atoms with Gasteiger partial charge in [-0.25, -0.2) is 18.2 Å². The molecule has 0 spiro atoms. The van der Waals surface area contributed by atoms with E-state index in [0.717, 1.165) is 12.0 Å². The number of nitriles is 1. The molecule has 0 radical (unpaired) electrons. The minimum Gasteiger partial charge on any atom is -0.496 e. The second kappa shape index (κ2) is 14.7. The first-order chi connectivity index (χ1) is 22.5. The SMILES string of the molecule is CC.COc1cccc2c1CC[C@@]2(C(=O)NC1CC(F)(F)C1)N(C=O)c1cccc(F)c1.C[C@@H]1CCC(=O)N1c1cc(C#N)ccn1. The van der Waals surface area contributed by atoms with Gasteiger partial charge in [0.1, 0.15) is 17.4 Å². The van der Waals surface area contributed by atoms with E-state index in [9.17, 15) is 27.6 Å². The maximum Gasteiger partial charge on any atom is 0.252 e. The third-order valence-corrected chi connectivity index (χ3v) is 8.55. The van der Waals surface area contributed by atoms with Gasteiger partial charge in [0.15, 0.2) is 5.54 Å². The van der Waals surface area contributed by atoms with E-state index in [2.05, 4.69) is 10.3 Å². The van der Waals surface area contributed by atoms with E-state index in [-0.39, 0.29) is 24.1 Å². The van der Waals surface area contributed by atoms with Gasteiger partial charge in [0.05, 0.1) is 18.7 Å². The maximum atomic E-state index is 13.9. The Morgan fingerprint density at radius 3 is 2.47 bits per heavy atom. The van der Waals surface area contributed by atoms with E-state index in [4.69, 9.17) is 10.00 Å². The molecule has 2 aromatic carbocycles. The Kier molecular flexibility index (Phi) is 10.9. The lowest BCUT2D eigenvalue weighted by molar-refractivity contribution is -0.135. The van der Waals surface area contributed by atoms with Crippen molar-refractivity contribution in [2.75, 3.05) is 16.9 Å². The molecule has 3 aromatic rings. The number of aromatic nitrogens is 1. The fourth-order valence-corrected chi connectivity index (χ4v) is 6.30. The van der Waals surface area contributed by atoms with Crippen molar-refractivity contribution in [1.29, 1.82) is 5.26 Å². The van der Waals surface area contributed by atoms with Gasteiger partial charge in [0.25, 0.3) is 11.8 Å². The van der Waals surface area contributed by atoms with Gasteiger partial charge in [0, 0.05) is 48.8 Å². The Bertz CT molecular complexity index is 1650. The average Bonchev–Trinajstić information content (AvgIpc) is 3.61. The van der Waals surface area contributed by atoms with E-state index < -0.39 is 42.1 Å². The lowest BCUT2D eigenvalue weighted by atomic mass is 9.84. The number of pyridine rings is 1. The van der Waals surface area contributed by atoms with Gasteiger partial charge in [-0.3, -0.25) is 24.2 Å². The number of benzene rings is 2. The number of alkyl halides is 2. The monoisotopic (exact) mass is 649 g/mol. The van der Waals surface area contributed by atoms with Crippen molar-refractivity contribution >= 4 is 29.7 Å².